The molecule has 0 unspecified atom stereocenters. The van der Waals surface area contributed by atoms with Crippen molar-refractivity contribution in [3.8, 4) is 0 Å². The fraction of sp³-hybridized carbons (Fsp3) is 0.273. The summed E-state index contributed by atoms with van der Waals surface area (Å²) in [7, 11) is 1.83. The van der Waals surface area contributed by atoms with Gasteiger partial charge < -0.3 is 5.01 Å². The van der Waals surface area contributed by atoms with Gasteiger partial charge in [0.15, 0.2) is 0 Å². The summed E-state index contributed by atoms with van der Waals surface area (Å²) in [6, 6.07) is 8.18. The predicted molar refractivity (Wildman–Crippen MR) is 57.6 cm³/mol. The highest BCUT2D eigenvalue weighted by Gasteiger charge is 1.96. The Balaban J connectivity index is 2.75. The molecule has 1 aromatic carbocycles. The third-order valence-electron chi connectivity index (χ3n) is 1.85. The predicted octanol–water partition coefficient (Wildman–Crippen LogP) is 2.12. The van der Waals surface area contributed by atoms with E-state index in [1.807, 2.05) is 26.1 Å². The van der Waals surface area contributed by atoms with E-state index in [0.29, 0.717) is 0 Å². The Morgan fingerprint density at radius 3 is 2.31 bits per heavy atom. The van der Waals surface area contributed by atoms with E-state index >= 15 is 0 Å². The first-order valence-corrected chi connectivity index (χ1v) is 4.31. The van der Waals surface area contributed by atoms with Gasteiger partial charge in [0.1, 0.15) is 0 Å². The van der Waals surface area contributed by atoms with Crippen LogP contribution in [0.15, 0.2) is 36.4 Å². The van der Waals surface area contributed by atoms with Crippen LogP contribution in [-0.2, 0) is 6.42 Å². The Hall–Kier alpha value is -1.28. The lowest BCUT2D eigenvalue weighted by Gasteiger charge is -2.12. The Labute approximate surface area is 79.6 Å². The summed E-state index contributed by atoms with van der Waals surface area (Å²) in [4.78, 5) is 0. The van der Waals surface area contributed by atoms with Gasteiger partial charge in [0, 0.05) is 7.05 Å². The maximum absolute atomic E-state index is 5.58. The van der Waals surface area contributed by atoms with Crippen LogP contribution in [-0.4, -0.2) is 7.05 Å². The second-order valence-corrected chi connectivity index (χ2v) is 3.41. The Bertz CT molecular complexity index is 285. The summed E-state index contributed by atoms with van der Waals surface area (Å²) in [5.74, 6) is 5.58. The van der Waals surface area contributed by atoms with E-state index in [4.69, 9.17) is 5.84 Å². The van der Waals surface area contributed by atoms with E-state index in [1.165, 1.54) is 11.1 Å². The summed E-state index contributed by atoms with van der Waals surface area (Å²) >= 11 is 0. The number of nitrogens with zero attached hydrogens (tertiary/aromatic N) is 1. The average Bonchev–Trinajstić information content (AvgIpc) is 2.04. The summed E-state index contributed by atoms with van der Waals surface area (Å²) in [5.41, 5.74) is 3.47. The number of hydrazine groups is 1. The van der Waals surface area contributed by atoms with E-state index in [0.717, 1.165) is 12.1 Å². The third kappa shape index (κ3) is 2.92. The molecule has 2 heteroatoms. The minimum Gasteiger partial charge on any atom is -0.314 e. The normalized spacial score (nSPS) is 9.77. The molecule has 2 N–H and O–H groups in total. The summed E-state index contributed by atoms with van der Waals surface area (Å²) in [6.45, 7) is 5.90. The summed E-state index contributed by atoms with van der Waals surface area (Å²) < 4.78 is 0. The van der Waals surface area contributed by atoms with Gasteiger partial charge in [-0.1, -0.05) is 24.3 Å². The number of hydrogen-bond donors (Lipinski definition) is 1. The molecule has 0 aliphatic carbocycles. The van der Waals surface area contributed by atoms with Crippen molar-refractivity contribution < 1.29 is 0 Å². The van der Waals surface area contributed by atoms with Gasteiger partial charge in [-0.3, -0.25) is 0 Å². The van der Waals surface area contributed by atoms with Crippen LogP contribution in [0.25, 0.3) is 0 Å². The SMILES string of the molecule is C=C(C)Cc1ccc(N(C)N)cc1. The zero-order valence-electron chi connectivity index (χ0n) is 8.25. The Morgan fingerprint density at radius 2 is 1.92 bits per heavy atom. The van der Waals surface area contributed by atoms with E-state index in [1.54, 1.807) is 5.01 Å². The van der Waals surface area contributed by atoms with Crippen LogP contribution in [0.4, 0.5) is 5.69 Å². The van der Waals surface area contributed by atoms with Gasteiger partial charge in [0.25, 0.3) is 0 Å². The van der Waals surface area contributed by atoms with Crippen molar-refractivity contribution in [2.24, 2.45) is 5.84 Å². The van der Waals surface area contributed by atoms with Gasteiger partial charge in [0.05, 0.1) is 5.69 Å². The number of hydrogen-bond acceptors (Lipinski definition) is 2. The maximum Gasteiger partial charge on any atom is 0.0514 e. The molecule has 0 atom stereocenters. The highest BCUT2D eigenvalue weighted by atomic mass is 15.4. The lowest BCUT2D eigenvalue weighted by molar-refractivity contribution is 1.01. The van der Waals surface area contributed by atoms with E-state index in [2.05, 4.69) is 18.7 Å². The van der Waals surface area contributed by atoms with Crippen molar-refractivity contribution in [1.29, 1.82) is 0 Å². The van der Waals surface area contributed by atoms with Crippen LogP contribution in [0.5, 0.6) is 0 Å². The number of benzene rings is 1. The molecule has 13 heavy (non-hydrogen) atoms. The van der Waals surface area contributed by atoms with E-state index in [9.17, 15) is 0 Å². The molecule has 0 bridgehead atoms. The lowest BCUT2D eigenvalue weighted by atomic mass is 10.1. The van der Waals surface area contributed by atoms with Crippen molar-refractivity contribution in [2.45, 2.75) is 13.3 Å². The monoisotopic (exact) mass is 176 g/mol. The molecule has 0 aromatic heterocycles. The smallest absolute Gasteiger partial charge is 0.0514 e. The highest BCUT2D eigenvalue weighted by Crippen LogP contribution is 2.13. The minimum atomic E-state index is 0.939. The fourth-order valence-corrected chi connectivity index (χ4v) is 1.20. The standard InChI is InChI=1S/C11H16N2/c1-9(2)8-10-4-6-11(7-5-10)13(3)12/h4-7H,1,8,12H2,2-3H3. The van der Waals surface area contributed by atoms with Gasteiger partial charge in [0.2, 0.25) is 0 Å². The van der Waals surface area contributed by atoms with Crippen LogP contribution >= 0.6 is 0 Å². The number of rotatable bonds is 3. The molecular weight excluding hydrogens is 160 g/mol. The Kier molecular flexibility index (Phi) is 3.09. The van der Waals surface area contributed by atoms with Crippen LogP contribution in [0, 0.1) is 0 Å². The maximum atomic E-state index is 5.58. The van der Waals surface area contributed by atoms with Crippen LogP contribution in [0.3, 0.4) is 0 Å². The third-order valence-corrected chi connectivity index (χ3v) is 1.85. The van der Waals surface area contributed by atoms with Gasteiger partial charge in [-0.2, -0.15) is 0 Å². The molecule has 70 valence electrons. The van der Waals surface area contributed by atoms with Gasteiger partial charge in [-0.05, 0) is 31.0 Å². The van der Waals surface area contributed by atoms with E-state index < -0.39 is 0 Å². The molecule has 0 heterocycles. The molecule has 0 spiro atoms. The molecule has 1 rings (SSSR count). The van der Waals surface area contributed by atoms with Gasteiger partial charge in [-0.15, -0.1) is 0 Å². The average molecular weight is 176 g/mol. The molecule has 0 saturated heterocycles. The molecule has 0 aliphatic heterocycles. The highest BCUT2D eigenvalue weighted by molar-refractivity contribution is 5.45. The van der Waals surface area contributed by atoms with Crippen LogP contribution < -0.4 is 10.9 Å². The van der Waals surface area contributed by atoms with Crippen molar-refractivity contribution in [2.75, 3.05) is 12.1 Å². The van der Waals surface area contributed by atoms with Gasteiger partial charge in [-0.25, -0.2) is 5.84 Å². The topological polar surface area (TPSA) is 29.3 Å². The first kappa shape index (κ1) is 9.81. The quantitative estimate of drug-likeness (QED) is 0.434. The first-order chi connectivity index (χ1) is 6.09. The number of allylic oxidation sites excluding steroid dienone is 1. The van der Waals surface area contributed by atoms with Gasteiger partial charge >= 0.3 is 0 Å². The molecule has 2 nitrogen and oxygen atoms in total. The lowest BCUT2D eigenvalue weighted by Crippen LogP contribution is -2.24. The molecule has 0 fully saturated rings. The first-order valence-electron chi connectivity index (χ1n) is 4.31. The number of anilines is 1. The molecule has 0 saturated carbocycles. The largest absolute Gasteiger partial charge is 0.314 e. The molecule has 0 amide bonds. The van der Waals surface area contributed by atoms with E-state index in [-0.39, 0.29) is 0 Å². The van der Waals surface area contributed by atoms with Crippen molar-refractivity contribution >= 4 is 5.69 Å². The second kappa shape index (κ2) is 4.10. The minimum absolute atomic E-state index is 0.939. The zero-order chi connectivity index (χ0) is 9.84. The Morgan fingerprint density at radius 1 is 1.38 bits per heavy atom. The molecular formula is C11H16N2. The molecule has 1 aromatic rings. The molecule has 0 radical (unpaired) electrons. The number of nitrogens with two attached hydrogens (primary N) is 1. The summed E-state index contributed by atoms with van der Waals surface area (Å²) in [6.07, 6.45) is 0.939. The zero-order valence-corrected chi connectivity index (χ0v) is 8.25. The van der Waals surface area contributed by atoms with Crippen molar-refractivity contribution in [3.05, 3.63) is 42.0 Å². The summed E-state index contributed by atoms with van der Waals surface area (Å²) in [5, 5.41) is 1.60. The van der Waals surface area contributed by atoms with Crippen molar-refractivity contribution in [1.82, 2.24) is 0 Å². The van der Waals surface area contributed by atoms with Crippen LogP contribution in [0.1, 0.15) is 12.5 Å². The molecule has 0 aliphatic rings. The fourth-order valence-electron chi connectivity index (χ4n) is 1.20. The van der Waals surface area contributed by atoms with Crippen LogP contribution in [0.2, 0.25) is 0 Å². The second-order valence-electron chi connectivity index (χ2n) is 3.41. The van der Waals surface area contributed by atoms with Crippen molar-refractivity contribution in [3.63, 3.8) is 0 Å².